The fourth-order valence-electron chi connectivity index (χ4n) is 8.17. The topological polar surface area (TPSA) is 3.24 Å². The van der Waals surface area contributed by atoms with Gasteiger partial charge in [0.2, 0.25) is 0 Å². The molecule has 13 rings (SSSR count). The molecule has 1 nitrogen and oxygen atoms in total. The number of nitrogens with zero attached hydrogens (tertiary/aromatic N) is 1. The summed E-state index contributed by atoms with van der Waals surface area (Å²) >= 11 is 0.163. The number of hydrogen-bond donors (Lipinski definition) is 0. The minimum atomic E-state index is -3.71. The highest BCUT2D eigenvalue weighted by Crippen LogP contribution is 2.58. The van der Waals surface area contributed by atoms with Gasteiger partial charge in [-0.1, -0.05) is 224 Å². The molecule has 0 saturated heterocycles. The Morgan fingerprint density at radius 2 is 0.910 bits per heavy atom. The summed E-state index contributed by atoms with van der Waals surface area (Å²) in [6.45, 7) is 0. The molecule has 1 aromatic heterocycles. The predicted octanol–water partition coefficient (Wildman–Crippen LogP) is 18.0. The molecule has 0 N–H and O–H groups in total. The molecule has 11 aromatic carbocycles. The van der Waals surface area contributed by atoms with Gasteiger partial charge >= 0.3 is 0 Å². The molecule has 0 unspecified atom stereocenters. The zero-order chi connectivity index (χ0) is 81.7. The van der Waals surface area contributed by atoms with Crippen LogP contribution in [0.25, 0.3) is 75.5 Å². The Balaban J connectivity index is 1.43. The normalized spacial score (nSPS) is 21.6. The molecule has 0 atom stereocenters. The summed E-state index contributed by atoms with van der Waals surface area (Å²) in [6, 6.07) is -54.2. The third-order valence-electron chi connectivity index (χ3n) is 10.9. The fraction of sp³-hybridized carbons (Fsp3) is 0.0154. The van der Waals surface area contributed by atoms with E-state index in [0.29, 0.717) is 0 Å². The Bertz CT molecular complexity index is 6180. The second-order valence-corrected chi connectivity index (χ2v) is 15.3. The summed E-state index contributed by atoms with van der Waals surface area (Å²) in [6.07, 6.45) is 0. The number of hydrogen-bond acceptors (Lipinski definition) is 2. The van der Waals surface area contributed by atoms with Gasteiger partial charge in [0.15, 0.2) is 0 Å². The number of benzene rings is 11. The summed E-state index contributed by atoms with van der Waals surface area (Å²) < 4.78 is 405. The van der Waals surface area contributed by atoms with Crippen LogP contribution in [0.2, 0.25) is 0 Å². The number of fused-ring (bicyclic) bond motifs is 8. The van der Waals surface area contributed by atoms with Crippen LogP contribution >= 0.6 is 11.3 Å². The van der Waals surface area contributed by atoms with Crippen molar-refractivity contribution in [3.8, 4) is 44.5 Å². The summed E-state index contributed by atoms with van der Waals surface area (Å²) in [4.78, 5) is 0.247. The molecule has 0 saturated carbocycles. The first-order chi connectivity index (χ1) is 51.1. The predicted molar refractivity (Wildman–Crippen MR) is 285 cm³/mol. The zero-order valence-corrected chi connectivity index (χ0v) is 34.2. The first-order valence-electron chi connectivity index (χ1n) is 41.1. The Labute approximate surface area is 455 Å². The van der Waals surface area contributed by atoms with Gasteiger partial charge in [0.25, 0.3) is 0 Å². The molecule has 314 valence electrons. The van der Waals surface area contributed by atoms with Crippen molar-refractivity contribution in [3.63, 3.8) is 0 Å². The molecule has 0 fully saturated rings. The van der Waals surface area contributed by atoms with Crippen LogP contribution in [0.5, 0.6) is 0 Å². The van der Waals surface area contributed by atoms with E-state index in [4.69, 9.17) is 19.2 Å². The van der Waals surface area contributed by atoms with Crippen LogP contribution in [0.15, 0.2) is 260 Å². The quantitative estimate of drug-likeness (QED) is 0.147. The maximum atomic E-state index is 11.2. The highest BCUT2D eigenvalue weighted by atomic mass is 32.1. The van der Waals surface area contributed by atoms with Gasteiger partial charge in [0.1, 0.15) is 0 Å². The molecule has 0 spiro atoms. The van der Waals surface area contributed by atoms with Gasteiger partial charge in [-0.3, -0.25) is 0 Å². The van der Waals surface area contributed by atoms with Crippen LogP contribution in [0.4, 0.5) is 17.1 Å². The van der Waals surface area contributed by atoms with Crippen molar-refractivity contribution in [1.82, 2.24) is 0 Å². The first kappa shape index (κ1) is 15.1. The minimum absolute atomic E-state index is 0.163. The fourth-order valence-corrected chi connectivity index (χ4v) is 9.43. The Kier molecular flexibility index (Phi) is 3.61. The lowest BCUT2D eigenvalue weighted by Crippen LogP contribution is -2.28. The smallest absolute Gasteiger partial charge is 0.0714 e. The lowest BCUT2D eigenvalue weighted by molar-refractivity contribution is 0.768. The summed E-state index contributed by atoms with van der Waals surface area (Å²) in [5.41, 5.74) is -21.8. The lowest BCUT2D eigenvalue weighted by Gasteiger charge is -2.35. The molecular weight excluding hydrogens is 827 g/mol. The number of thiophene rings is 1. The second kappa shape index (κ2) is 16.0. The Morgan fingerprint density at radius 3 is 1.61 bits per heavy atom. The molecule has 1 heterocycles. The lowest BCUT2D eigenvalue weighted by atomic mass is 9.67. The Morgan fingerprint density at radius 1 is 0.343 bits per heavy atom. The van der Waals surface area contributed by atoms with Crippen LogP contribution in [-0.4, -0.2) is 0 Å². The molecule has 12 aromatic rings. The van der Waals surface area contributed by atoms with Crippen LogP contribution in [0.3, 0.4) is 0 Å². The molecule has 67 heavy (non-hydrogen) atoms. The molecule has 1 aliphatic carbocycles. The van der Waals surface area contributed by atoms with Crippen molar-refractivity contribution in [2.24, 2.45) is 0 Å². The molecule has 2 heteroatoms. The van der Waals surface area contributed by atoms with E-state index >= 15 is 0 Å². The molecule has 0 bridgehead atoms. The van der Waals surface area contributed by atoms with Gasteiger partial charge in [-0.25, -0.2) is 0 Å². The Hall–Kier alpha value is -8.30. The number of rotatable bonds is 8. The van der Waals surface area contributed by atoms with E-state index in [-0.39, 0.29) is 16.2 Å². The maximum absolute atomic E-state index is 11.2. The van der Waals surface area contributed by atoms with Crippen LogP contribution in [0, 0.1) is 0 Å². The first-order valence-corrected chi connectivity index (χ1v) is 20.4. The van der Waals surface area contributed by atoms with Crippen molar-refractivity contribution in [3.05, 3.63) is 282 Å². The van der Waals surface area contributed by atoms with E-state index in [1.807, 2.05) is 0 Å². The van der Waals surface area contributed by atoms with E-state index in [1.165, 1.54) is 0 Å². The SMILES string of the molecule is [2H]c1c([2H])c([2H])c(-c2c([2H])c([2H])c(N(c3c([2H])c([2H])c4c(c3[2H])C(c3c([2H])c([2H])c([2H])c([2H])c3[2H])(c3c([2H])c([2H])c([2H])c([2H])c3[2H])c3c([2H])c([2H])c([2H])c([2H])c3-4)c3c([2H])c([2H])c([2H])c4c3sc3c(-c5c([2H])c([2H])c([2H])c([2H])c5[2H])c([2H])c5c([2H])c([2H])c([2H])c([2H])c5c34)c(-c3c([2H])c([2H])c([2H])c([2H])c3[2H])c2[2H])c([2H])c1[2H]. The van der Waals surface area contributed by atoms with Crippen LogP contribution in [0.1, 0.15) is 81.2 Å². The van der Waals surface area contributed by atoms with Crippen molar-refractivity contribution < 1.29 is 58.9 Å². The minimum Gasteiger partial charge on any atom is -0.308 e. The van der Waals surface area contributed by atoms with Gasteiger partial charge in [0, 0.05) is 32.3 Å². The molecular formula is C65H43NS. The third-order valence-corrected chi connectivity index (χ3v) is 12.1. The van der Waals surface area contributed by atoms with Crippen molar-refractivity contribution >= 4 is 59.3 Å². The summed E-state index contributed by atoms with van der Waals surface area (Å²) in [5, 5.41) is -3.06. The van der Waals surface area contributed by atoms with Crippen LogP contribution in [-0.2, 0) is 5.41 Å². The van der Waals surface area contributed by atoms with Crippen molar-refractivity contribution in [1.29, 1.82) is 0 Å². The summed E-state index contributed by atoms with van der Waals surface area (Å²) in [7, 11) is 0. The molecule has 0 aliphatic heterocycles. The molecule has 1 aliphatic rings. The highest BCUT2D eigenvalue weighted by molar-refractivity contribution is 7.27. The second-order valence-electron chi connectivity index (χ2n) is 14.3. The third kappa shape index (κ3) is 6.22. The van der Waals surface area contributed by atoms with E-state index in [0.717, 1.165) is 0 Å². The maximum Gasteiger partial charge on any atom is 0.0714 e. The average Bonchev–Trinajstić information content (AvgIpc) is 1.48. The van der Waals surface area contributed by atoms with E-state index in [9.17, 15) is 39.8 Å². The summed E-state index contributed by atoms with van der Waals surface area (Å²) in [5.74, 6) is 0. The average molecular weight is 913 g/mol. The van der Waals surface area contributed by atoms with Gasteiger partial charge in [-0.05, 0) is 103 Å². The molecule has 0 amide bonds. The van der Waals surface area contributed by atoms with Gasteiger partial charge in [-0.2, -0.15) is 0 Å². The zero-order valence-electron chi connectivity index (χ0n) is 76.4. The van der Waals surface area contributed by atoms with E-state index < -0.39 is 380 Å². The monoisotopic (exact) mass is 913 g/mol. The van der Waals surface area contributed by atoms with E-state index in [2.05, 4.69) is 0 Å². The molecule has 0 radical (unpaired) electrons. The van der Waals surface area contributed by atoms with Gasteiger partial charge in [-0.15, -0.1) is 11.3 Å². The van der Waals surface area contributed by atoms with Gasteiger partial charge in [0.05, 0.1) is 80.4 Å². The number of anilines is 3. The standard InChI is InChI=1S/C65H43NS/c1-6-21-44(22-7-1)47-37-40-60(56(41-47)45-23-8-2-9-24-45)66(61-36-20-34-55-62-52-32-17-16-27-48(52)42-57(64(62)67-63(55)61)46-25-10-3-11-26-46)51-38-39-54-53-33-18-19-35-58(53)65(59(54)43-51,49-28-12-4-13-29-49)50-30-14-5-15-31-50/h1-43H/i1D,2D,3D,4D,5D,6D,7D,8D,9D,10D,11D,12D,13D,14D,15D,16D,17D,18D,19D,20D,21D,22D,23D,24D,25D,26D,27D,28D,29D,30D,31D,32D,33D,34D,35D,36D,37D,38D,39D,40D,41D,42D,43D. The van der Waals surface area contributed by atoms with E-state index in [1.54, 1.807) is 0 Å². The van der Waals surface area contributed by atoms with Gasteiger partial charge < -0.3 is 4.90 Å². The van der Waals surface area contributed by atoms with Crippen molar-refractivity contribution in [2.75, 3.05) is 4.90 Å². The highest BCUT2D eigenvalue weighted by Gasteiger charge is 2.46. The largest absolute Gasteiger partial charge is 0.308 e. The van der Waals surface area contributed by atoms with Crippen LogP contribution < -0.4 is 4.90 Å². The van der Waals surface area contributed by atoms with Crippen molar-refractivity contribution in [2.45, 2.75) is 5.41 Å².